The summed E-state index contributed by atoms with van der Waals surface area (Å²) >= 11 is 0. The van der Waals surface area contributed by atoms with Gasteiger partial charge in [0.1, 0.15) is 0 Å². The summed E-state index contributed by atoms with van der Waals surface area (Å²) in [7, 11) is 0. The minimum atomic E-state index is -0.407. The lowest BCUT2D eigenvalue weighted by Gasteiger charge is -2.08. The lowest BCUT2D eigenvalue weighted by atomic mass is 10.1. The normalized spacial score (nSPS) is 9.80. The molecule has 0 fully saturated rings. The fraction of sp³-hybridized carbons (Fsp3) is 0.300. The summed E-state index contributed by atoms with van der Waals surface area (Å²) in [6.45, 7) is 1.87. The van der Waals surface area contributed by atoms with Crippen LogP contribution in [0.4, 0.5) is 5.69 Å². The Morgan fingerprint density at radius 1 is 1.60 bits per heavy atom. The molecule has 5 heteroatoms. The van der Waals surface area contributed by atoms with Gasteiger partial charge >= 0.3 is 5.97 Å². The molecule has 0 atom stereocenters. The van der Waals surface area contributed by atoms with Crippen molar-refractivity contribution in [1.29, 1.82) is 0 Å². The molecule has 0 saturated heterocycles. The van der Waals surface area contributed by atoms with Crippen LogP contribution in [-0.4, -0.2) is 17.7 Å². The summed E-state index contributed by atoms with van der Waals surface area (Å²) < 4.78 is 4.83. The third kappa shape index (κ3) is 2.68. The van der Waals surface area contributed by atoms with Crippen LogP contribution in [0.25, 0.3) is 0 Å². The quantitative estimate of drug-likeness (QED) is 0.386. The van der Waals surface area contributed by atoms with E-state index in [1.54, 1.807) is 25.1 Å². The fourth-order valence-corrected chi connectivity index (χ4v) is 1.21. The number of aliphatic hydroxyl groups is 1. The van der Waals surface area contributed by atoms with Crippen LogP contribution >= 0.6 is 0 Å². The van der Waals surface area contributed by atoms with Gasteiger partial charge in [0.15, 0.2) is 0 Å². The molecule has 0 saturated carbocycles. The number of hydrazine groups is 1. The van der Waals surface area contributed by atoms with Crippen LogP contribution in [0, 0.1) is 0 Å². The van der Waals surface area contributed by atoms with Gasteiger partial charge in [0, 0.05) is 5.56 Å². The van der Waals surface area contributed by atoms with Gasteiger partial charge in [-0.1, -0.05) is 0 Å². The zero-order valence-electron chi connectivity index (χ0n) is 8.49. The number of anilines is 1. The number of hydrogen-bond donors (Lipinski definition) is 3. The van der Waals surface area contributed by atoms with Crippen LogP contribution in [0.3, 0.4) is 0 Å². The summed E-state index contributed by atoms with van der Waals surface area (Å²) in [5, 5.41) is 9.04. The summed E-state index contributed by atoms with van der Waals surface area (Å²) in [6, 6.07) is 4.76. The molecular formula is C10H14N2O3. The standard InChI is InChI=1S/C10H14N2O3/c1-2-15-10(14)7-3-4-9(12-11)8(5-7)6-13/h3-5,12-13H,2,6,11H2,1H3. The molecule has 0 heterocycles. The summed E-state index contributed by atoms with van der Waals surface area (Å²) in [4.78, 5) is 11.4. The van der Waals surface area contributed by atoms with Crippen LogP contribution in [-0.2, 0) is 11.3 Å². The number of rotatable bonds is 4. The fourth-order valence-electron chi connectivity index (χ4n) is 1.21. The molecule has 0 aliphatic carbocycles. The lowest BCUT2D eigenvalue weighted by molar-refractivity contribution is 0.0526. The molecule has 0 unspecified atom stereocenters. The Bertz CT molecular complexity index is 353. The average Bonchev–Trinajstić information content (AvgIpc) is 2.28. The molecule has 1 aromatic carbocycles. The van der Waals surface area contributed by atoms with E-state index < -0.39 is 5.97 Å². The highest BCUT2D eigenvalue weighted by molar-refractivity contribution is 5.90. The predicted octanol–water partition coefficient (Wildman–Crippen LogP) is 0.641. The van der Waals surface area contributed by atoms with Gasteiger partial charge in [0.25, 0.3) is 0 Å². The Hall–Kier alpha value is -1.59. The van der Waals surface area contributed by atoms with Crippen molar-refractivity contribution in [2.45, 2.75) is 13.5 Å². The maximum Gasteiger partial charge on any atom is 0.338 e. The number of esters is 1. The van der Waals surface area contributed by atoms with E-state index in [-0.39, 0.29) is 6.61 Å². The topological polar surface area (TPSA) is 84.6 Å². The van der Waals surface area contributed by atoms with E-state index in [1.807, 2.05) is 0 Å². The van der Waals surface area contributed by atoms with Gasteiger partial charge in [-0.3, -0.25) is 5.84 Å². The lowest BCUT2D eigenvalue weighted by Crippen LogP contribution is -2.11. The van der Waals surface area contributed by atoms with Gasteiger partial charge in [-0.2, -0.15) is 0 Å². The van der Waals surface area contributed by atoms with E-state index in [9.17, 15) is 4.79 Å². The Morgan fingerprint density at radius 3 is 2.87 bits per heavy atom. The highest BCUT2D eigenvalue weighted by atomic mass is 16.5. The number of benzene rings is 1. The molecule has 0 bridgehead atoms. The second-order valence-corrected chi connectivity index (χ2v) is 2.89. The number of ether oxygens (including phenoxy) is 1. The second-order valence-electron chi connectivity index (χ2n) is 2.89. The van der Waals surface area contributed by atoms with Gasteiger partial charge in [0.2, 0.25) is 0 Å². The van der Waals surface area contributed by atoms with Crippen LogP contribution in [0.1, 0.15) is 22.8 Å². The zero-order chi connectivity index (χ0) is 11.3. The van der Waals surface area contributed by atoms with Crippen molar-refractivity contribution in [3.8, 4) is 0 Å². The summed E-state index contributed by atoms with van der Waals surface area (Å²) in [5.41, 5.74) is 3.98. The number of aliphatic hydroxyl groups excluding tert-OH is 1. The molecule has 0 spiro atoms. The smallest absolute Gasteiger partial charge is 0.338 e. The van der Waals surface area contributed by atoms with E-state index in [4.69, 9.17) is 15.7 Å². The summed E-state index contributed by atoms with van der Waals surface area (Å²) in [5.74, 6) is 4.83. The number of carbonyl (C=O) groups is 1. The molecule has 15 heavy (non-hydrogen) atoms. The Labute approximate surface area is 87.8 Å². The van der Waals surface area contributed by atoms with E-state index in [0.29, 0.717) is 23.4 Å². The molecule has 1 rings (SSSR count). The minimum absolute atomic E-state index is 0.188. The molecule has 5 nitrogen and oxygen atoms in total. The summed E-state index contributed by atoms with van der Waals surface area (Å²) in [6.07, 6.45) is 0. The first-order valence-corrected chi connectivity index (χ1v) is 4.60. The number of nitrogens with two attached hydrogens (primary N) is 1. The zero-order valence-corrected chi connectivity index (χ0v) is 8.49. The Morgan fingerprint density at radius 2 is 2.33 bits per heavy atom. The molecule has 4 N–H and O–H groups in total. The molecule has 0 aliphatic heterocycles. The largest absolute Gasteiger partial charge is 0.462 e. The van der Waals surface area contributed by atoms with Crippen LogP contribution in [0.2, 0.25) is 0 Å². The van der Waals surface area contributed by atoms with E-state index in [0.717, 1.165) is 0 Å². The van der Waals surface area contributed by atoms with Crippen molar-refractivity contribution in [1.82, 2.24) is 0 Å². The van der Waals surface area contributed by atoms with Gasteiger partial charge in [0.05, 0.1) is 24.5 Å². The number of carbonyl (C=O) groups excluding carboxylic acids is 1. The predicted molar refractivity (Wildman–Crippen MR) is 56.1 cm³/mol. The highest BCUT2D eigenvalue weighted by Crippen LogP contribution is 2.17. The number of nitrogens with one attached hydrogen (secondary N) is 1. The highest BCUT2D eigenvalue weighted by Gasteiger charge is 2.09. The monoisotopic (exact) mass is 210 g/mol. The molecule has 0 amide bonds. The van der Waals surface area contributed by atoms with Crippen molar-refractivity contribution in [3.05, 3.63) is 29.3 Å². The molecular weight excluding hydrogens is 196 g/mol. The molecule has 1 aromatic rings. The van der Waals surface area contributed by atoms with E-state index in [1.165, 1.54) is 0 Å². The third-order valence-electron chi connectivity index (χ3n) is 1.94. The van der Waals surface area contributed by atoms with Gasteiger partial charge < -0.3 is 15.3 Å². The van der Waals surface area contributed by atoms with Crippen molar-refractivity contribution in [3.63, 3.8) is 0 Å². The number of nitrogen functional groups attached to an aromatic ring is 1. The van der Waals surface area contributed by atoms with Crippen molar-refractivity contribution in [2.24, 2.45) is 5.84 Å². The van der Waals surface area contributed by atoms with Gasteiger partial charge in [-0.05, 0) is 25.1 Å². The van der Waals surface area contributed by atoms with E-state index >= 15 is 0 Å². The minimum Gasteiger partial charge on any atom is -0.462 e. The SMILES string of the molecule is CCOC(=O)c1ccc(NN)c(CO)c1. The van der Waals surface area contributed by atoms with E-state index in [2.05, 4.69) is 5.43 Å². The number of hydrogen-bond acceptors (Lipinski definition) is 5. The van der Waals surface area contributed by atoms with Crippen molar-refractivity contribution in [2.75, 3.05) is 12.0 Å². The third-order valence-corrected chi connectivity index (χ3v) is 1.94. The van der Waals surface area contributed by atoms with Gasteiger partial charge in [-0.15, -0.1) is 0 Å². The molecule has 0 aliphatic rings. The molecule has 0 aromatic heterocycles. The first-order chi connectivity index (χ1) is 7.22. The first-order valence-electron chi connectivity index (χ1n) is 4.60. The average molecular weight is 210 g/mol. The van der Waals surface area contributed by atoms with Crippen LogP contribution in [0.15, 0.2) is 18.2 Å². The van der Waals surface area contributed by atoms with Crippen molar-refractivity contribution >= 4 is 11.7 Å². The molecule has 82 valence electrons. The Balaban J connectivity index is 2.97. The molecule has 0 radical (unpaired) electrons. The van der Waals surface area contributed by atoms with Crippen molar-refractivity contribution < 1.29 is 14.6 Å². The van der Waals surface area contributed by atoms with Crippen LogP contribution in [0.5, 0.6) is 0 Å². The maximum absolute atomic E-state index is 11.4. The Kier molecular flexibility index (Phi) is 4.08. The van der Waals surface area contributed by atoms with Gasteiger partial charge in [-0.25, -0.2) is 4.79 Å². The van der Waals surface area contributed by atoms with Crippen LogP contribution < -0.4 is 11.3 Å². The maximum atomic E-state index is 11.4. The second kappa shape index (κ2) is 5.33. The first kappa shape index (κ1) is 11.5.